The van der Waals surface area contributed by atoms with Crippen molar-refractivity contribution in [2.45, 2.75) is 25.8 Å². The highest BCUT2D eigenvalue weighted by atomic mass is 16.3. The van der Waals surface area contributed by atoms with E-state index in [9.17, 15) is 4.79 Å². The molecule has 0 amide bonds. The van der Waals surface area contributed by atoms with Crippen LogP contribution in [0.15, 0.2) is 51.8 Å². The minimum atomic E-state index is -0.0785. The van der Waals surface area contributed by atoms with E-state index in [0.29, 0.717) is 28.9 Å². The molecule has 4 aromatic rings. The number of oxazole rings is 1. The van der Waals surface area contributed by atoms with Gasteiger partial charge in [0.25, 0.3) is 5.56 Å². The molecule has 1 aromatic carbocycles. The van der Waals surface area contributed by atoms with Crippen LogP contribution in [0.5, 0.6) is 0 Å². The van der Waals surface area contributed by atoms with E-state index in [1.54, 1.807) is 10.5 Å². The lowest BCUT2D eigenvalue weighted by atomic mass is 10.1. The third kappa shape index (κ3) is 2.89. The third-order valence-corrected chi connectivity index (χ3v) is 6.39. The van der Waals surface area contributed by atoms with Crippen LogP contribution in [-0.2, 0) is 0 Å². The Morgan fingerprint density at radius 1 is 1.07 bits per heavy atom. The van der Waals surface area contributed by atoms with Crippen molar-refractivity contribution in [3.8, 4) is 11.3 Å². The van der Waals surface area contributed by atoms with Gasteiger partial charge in [-0.05, 0) is 43.7 Å². The fourth-order valence-corrected chi connectivity index (χ4v) is 4.85. The van der Waals surface area contributed by atoms with E-state index in [-0.39, 0.29) is 5.56 Å². The highest BCUT2D eigenvalue weighted by Crippen LogP contribution is 2.26. The third-order valence-electron chi connectivity index (χ3n) is 6.39. The summed E-state index contributed by atoms with van der Waals surface area (Å²) in [6.07, 6.45) is 4.49. The van der Waals surface area contributed by atoms with E-state index in [0.717, 1.165) is 36.4 Å². The van der Waals surface area contributed by atoms with Gasteiger partial charge in [0.2, 0.25) is 0 Å². The molecule has 0 saturated carbocycles. The molecule has 30 heavy (non-hydrogen) atoms. The molecule has 2 fully saturated rings. The molecule has 0 N–H and O–H groups in total. The summed E-state index contributed by atoms with van der Waals surface area (Å²) >= 11 is 0. The molecule has 0 spiro atoms. The molecule has 5 heterocycles. The predicted octanol–water partition coefficient (Wildman–Crippen LogP) is 3.10. The summed E-state index contributed by atoms with van der Waals surface area (Å²) in [6.45, 7) is 6.17. The minimum Gasteiger partial charge on any atom is -0.441 e. The molecule has 7 nitrogen and oxygen atoms in total. The fraction of sp³-hybridized carbons (Fsp3) is 0.348. The maximum atomic E-state index is 12.9. The summed E-state index contributed by atoms with van der Waals surface area (Å²) in [5.41, 5.74) is 4.65. The van der Waals surface area contributed by atoms with Crippen molar-refractivity contribution in [2.24, 2.45) is 0 Å². The second kappa shape index (κ2) is 6.67. The number of piperazine rings is 1. The first-order chi connectivity index (χ1) is 14.6. The van der Waals surface area contributed by atoms with Gasteiger partial charge in [0.05, 0.1) is 11.4 Å². The maximum Gasteiger partial charge on any atom is 0.258 e. The van der Waals surface area contributed by atoms with Crippen LogP contribution in [0.3, 0.4) is 0 Å². The van der Waals surface area contributed by atoms with Gasteiger partial charge in [-0.3, -0.25) is 14.1 Å². The molecule has 6 rings (SSSR count). The molecule has 152 valence electrons. The molecule has 1 atom stereocenters. The zero-order valence-electron chi connectivity index (χ0n) is 16.9. The highest BCUT2D eigenvalue weighted by Gasteiger charge is 2.30. The molecule has 2 aliphatic rings. The smallest absolute Gasteiger partial charge is 0.258 e. The second-order valence-corrected chi connectivity index (χ2v) is 8.29. The number of fused-ring (bicyclic) bond motifs is 3. The quantitative estimate of drug-likeness (QED) is 0.514. The maximum absolute atomic E-state index is 12.9. The summed E-state index contributed by atoms with van der Waals surface area (Å²) in [5, 5.41) is 0. The number of pyridine rings is 1. The number of aryl methyl sites for hydroxylation is 1. The summed E-state index contributed by atoms with van der Waals surface area (Å²) in [7, 11) is 0. The summed E-state index contributed by atoms with van der Waals surface area (Å²) < 4.78 is 7.28. The molecule has 3 aromatic heterocycles. The molecular formula is C23H23N5O2. The van der Waals surface area contributed by atoms with Crippen molar-refractivity contribution in [2.75, 3.05) is 31.1 Å². The van der Waals surface area contributed by atoms with Crippen LogP contribution < -0.4 is 10.5 Å². The van der Waals surface area contributed by atoms with Crippen LogP contribution in [0, 0.1) is 6.92 Å². The number of benzene rings is 1. The number of aromatic nitrogens is 3. The van der Waals surface area contributed by atoms with Gasteiger partial charge in [-0.2, -0.15) is 0 Å². The van der Waals surface area contributed by atoms with E-state index in [1.807, 2.05) is 37.4 Å². The number of nitrogens with zero attached hydrogens (tertiary/aromatic N) is 5. The minimum absolute atomic E-state index is 0.0785. The van der Waals surface area contributed by atoms with Crippen LogP contribution in [0.25, 0.3) is 28.0 Å². The Bertz CT molecular complexity index is 1320. The Kier molecular flexibility index (Phi) is 3.92. The summed E-state index contributed by atoms with van der Waals surface area (Å²) in [4.78, 5) is 27.0. The van der Waals surface area contributed by atoms with Crippen molar-refractivity contribution in [3.05, 3.63) is 58.8 Å². The molecule has 7 heteroatoms. The van der Waals surface area contributed by atoms with Gasteiger partial charge in [-0.15, -0.1) is 0 Å². The van der Waals surface area contributed by atoms with Crippen LogP contribution in [0.2, 0.25) is 0 Å². The summed E-state index contributed by atoms with van der Waals surface area (Å²) in [5.74, 6) is 0.625. The monoisotopic (exact) mass is 401 g/mol. The zero-order chi connectivity index (χ0) is 20.2. The fourth-order valence-electron chi connectivity index (χ4n) is 4.85. The van der Waals surface area contributed by atoms with Gasteiger partial charge >= 0.3 is 0 Å². The molecular weight excluding hydrogens is 378 g/mol. The van der Waals surface area contributed by atoms with Crippen molar-refractivity contribution < 1.29 is 4.42 Å². The van der Waals surface area contributed by atoms with E-state index in [4.69, 9.17) is 9.40 Å². The van der Waals surface area contributed by atoms with E-state index in [1.165, 1.54) is 19.4 Å². The van der Waals surface area contributed by atoms with Gasteiger partial charge in [0.1, 0.15) is 11.2 Å². The first-order valence-electron chi connectivity index (χ1n) is 10.5. The van der Waals surface area contributed by atoms with Gasteiger partial charge in [-0.1, -0.05) is 6.07 Å². The predicted molar refractivity (Wildman–Crippen MR) is 116 cm³/mol. The molecule has 1 unspecified atom stereocenters. The van der Waals surface area contributed by atoms with Crippen molar-refractivity contribution in [1.82, 2.24) is 19.3 Å². The van der Waals surface area contributed by atoms with Crippen LogP contribution in [0.4, 0.5) is 5.69 Å². The Morgan fingerprint density at radius 3 is 2.93 bits per heavy atom. The zero-order valence-corrected chi connectivity index (χ0v) is 16.9. The first kappa shape index (κ1) is 17.7. The van der Waals surface area contributed by atoms with Gasteiger partial charge in [0.15, 0.2) is 11.5 Å². The van der Waals surface area contributed by atoms with Gasteiger partial charge < -0.3 is 9.32 Å². The summed E-state index contributed by atoms with van der Waals surface area (Å²) in [6, 6.07) is 12.0. The largest absolute Gasteiger partial charge is 0.441 e. The van der Waals surface area contributed by atoms with Crippen molar-refractivity contribution in [1.29, 1.82) is 0 Å². The van der Waals surface area contributed by atoms with Crippen LogP contribution in [-0.4, -0.2) is 51.5 Å². The number of rotatable bonds is 2. The number of anilines is 1. The van der Waals surface area contributed by atoms with Crippen LogP contribution in [0.1, 0.15) is 18.7 Å². The Morgan fingerprint density at radius 2 is 2.00 bits per heavy atom. The molecule has 2 aliphatic heterocycles. The molecule has 2 saturated heterocycles. The van der Waals surface area contributed by atoms with Crippen molar-refractivity contribution in [3.63, 3.8) is 0 Å². The average molecular weight is 401 g/mol. The topological polar surface area (TPSA) is 66.9 Å². The lowest BCUT2D eigenvalue weighted by Crippen LogP contribution is -2.50. The van der Waals surface area contributed by atoms with Gasteiger partial charge in [-0.25, -0.2) is 9.97 Å². The van der Waals surface area contributed by atoms with Crippen molar-refractivity contribution >= 4 is 22.4 Å². The highest BCUT2D eigenvalue weighted by molar-refractivity contribution is 5.79. The van der Waals surface area contributed by atoms with E-state index >= 15 is 0 Å². The van der Waals surface area contributed by atoms with E-state index < -0.39 is 0 Å². The molecule has 0 radical (unpaired) electrons. The van der Waals surface area contributed by atoms with Crippen LogP contribution >= 0.6 is 0 Å². The number of hydrogen-bond acceptors (Lipinski definition) is 6. The molecule has 0 bridgehead atoms. The SMILES string of the molecule is Cc1nc2ccc(-c3cc(=O)n4cc(N5CCN6CCCC6C5)ccc4n3)cc2o1. The Balaban J connectivity index is 1.36. The lowest BCUT2D eigenvalue weighted by Gasteiger charge is -2.38. The molecule has 0 aliphatic carbocycles. The van der Waals surface area contributed by atoms with Gasteiger partial charge in [0, 0.05) is 50.4 Å². The first-order valence-corrected chi connectivity index (χ1v) is 10.5. The normalized spacial score (nSPS) is 19.6. The van der Waals surface area contributed by atoms with E-state index in [2.05, 4.69) is 20.9 Å². The average Bonchev–Trinajstić information content (AvgIpc) is 3.37. The standard InChI is InChI=1S/C23H23N5O2/c1-15-24-19-6-4-16(11-21(19)30-15)20-12-23(29)28-14-18(5-7-22(28)25-20)27-10-9-26-8-2-3-17(26)13-27/h4-7,11-12,14,17H,2-3,8-10,13H2,1H3. The second-order valence-electron chi connectivity index (χ2n) is 8.29. The Labute approximate surface area is 173 Å². The Hall–Kier alpha value is -3.19. The number of hydrogen-bond donors (Lipinski definition) is 0. The lowest BCUT2D eigenvalue weighted by molar-refractivity contribution is 0.231.